The normalized spacial score (nSPS) is 15.3. The van der Waals surface area contributed by atoms with E-state index in [4.69, 9.17) is 0 Å². The summed E-state index contributed by atoms with van der Waals surface area (Å²) in [6, 6.07) is 4.86. The number of urea groups is 1. The second-order valence-corrected chi connectivity index (χ2v) is 5.33. The van der Waals surface area contributed by atoms with Crippen LogP contribution in [0.25, 0.3) is 0 Å². The van der Waals surface area contributed by atoms with E-state index in [1.807, 2.05) is 6.92 Å². The van der Waals surface area contributed by atoms with Gasteiger partial charge in [0.15, 0.2) is 0 Å². The second kappa shape index (κ2) is 5.90. The molecule has 0 unspecified atom stereocenters. The predicted molar refractivity (Wildman–Crippen MR) is 76.6 cm³/mol. The minimum absolute atomic E-state index is 0.168. The predicted octanol–water partition coefficient (Wildman–Crippen LogP) is 1.70. The molecule has 20 heavy (non-hydrogen) atoms. The summed E-state index contributed by atoms with van der Waals surface area (Å²) in [5.41, 5.74) is 0.308. The number of rotatable bonds is 4. The molecule has 2 N–H and O–H groups in total. The molecule has 1 aliphatic rings. The highest BCUT2D eigenvalue weighted by Crippen LogP contribution is 2.32. The standard InChI is InChI=1S/C14H20N4O2/c1-9(10-7-8-10)15-14(20)17-12-6-4-5-11(16-12)13(19)18(2)3/h4-6,9-10H,7-8H2,1-3H3,(H2,15,16,17,20)/t9-/m0/s1. The Morgan fingerprint density at radius 1 is 1.35 bits per heavy atom. The summed E-state index contributed by atoms with van der Waals surface area (Å²) < 4.78 is 0. The third kappa shape index (κ3) is 3.69. The van der Waals surface area contributed by atoms with Gasteiger partial charge in [-0.2, -0.15) is 0 Å². The minimum Gasteiger partial charge on any atom is -0.343 e. The topological polar surface area (TPSA) is 74.3 Å². The number of hydrogen-bond donors (Lipinski definition) is 2. The van der Waals surface area contributed by atoms with Crippen molar-refractivity contribution in [1.82, 2.24) is 15.2 Å². The maximum Gasteiger partial charge on any atom is 0.320 e. The van der Waals surface area contributed by atoms with Crippen LogP contribution in [0.3, 0.4) is 0 Å². The van der Waals surface area contributed by atoms with Crippen LogP contribution in [-0.2, 0) is 0 Å². The number of carbonyl (C=O) groups is 2. The third-order valence-corrected chi connectivity index (χ3v) is 3.30. The lowest BCUT2D eigenvalue weighted by Crippen LogP contribution is -2.37. The zero-order chi connectivity index (χ0) is 14.7. The number of carbonyl (C=O) groups excluding carboxylic acids is 2. The first-order valence-corrected chi connectivity index (χ1v) is 6.73. The van der Waals surface area contributed by atoms with Gasteiger partial charge < -0.3 is 10.2 Å². The molecule has 0 saturated heterocycles. The largest absolute Gasteiger partial charge is 0.343 e. The van der Waals surface area contributed by atoms with Crippen molar-refractivity contribution in [3.63, 3.8) is 0 Å². The van der Waals surface area contributed by atoms with Crippen LogP contribution in [-0.4, -0.2) is 42.0 Å². The smallest absolute Gasteiger partial charge is 0.320 e. The van der Waals surface area contributed by atoms with Gasteiger partial charge in [0.05, 0.1) is 0 Å². The van der Waals surface area contributed by atoms with E-state index in [0.29, 0.717) is 17.4 Å². The highest BCUT2D eigenvalue weighted by molar-refractivity contribution is 5.93. The van der Waals surface area contributed by atoms with Gasteiger partial charge >= 0.3 is 6.03 Å². The fraction of sp³-hybridized carbons (Fsp3) is 0.500. The van der Waals surface area contributed by atoms with Crippen molar-refractivity contribution < 1.29 is 9.59 Å². The molecule has 0 bridgehead atoms. The van der Waals surface area contributed by atoms with Crippen molar-refractivity contribution in [2.45, 2.75) is 25.8 Å². The lowest BCUT2D eigenvalue weighted by Gasteiger charge is -2.14. The first-order valence-electron chi connectivity index (χ1n) is 6.73. The third-order valence-electron chi connectivity index (χ3n) is 3.30. The van der Waals surface area contributed by atoms with Crippen LogP contribution in [0.1, 0.15) is 30.3 Å². The van der Waals surface area contributed by atoms with E-state index in [1.54, 1.807) is 32.3 Å². The van der Waals surface area contributed by atoms with Crippen LogP contribution >= 0.6 is 0 Å². The van der Waals surface area contributed by atoms with E-state index in [1.165, 1.54) is 17.7 Å². The summed E-state index contributed by atoms with van der Waals surface area (Å²) in [5.74, 6) is 0.772. The Morgan fingerprint density at radius 3 is 2.65 bits per heavy atom. The summed E-state index contributed by atoms with van der Waals surface area (Å²) in [7, 11) is 3.32. The first-order chi connectivity index (χ1) is 9.47. The van der Waals surface area contributed by atoms with Gasteiger partial charge in [0.1, 0.15) is 11.5 Å². The van der Waals surface area contributed by atoms with Gasteiger partial charge in [0, 0.05) is 20.1 Å². The van der Waals surface area contributed by atoms with E-state index in [9.17, 15) is 9.59 Å². The van der Waals surface area contributed by atoms with Gasteiger partial charge in [-0.1, -0.05) is 6.07 Å². The summed E-state index contributed by atoms with van der Waals surface area (Å²) in [4.78, 5) is 29.2. The molecule has 0 spiro atoms. The first kappa shape index (κ1) is 14.3. The molecule has 3 amide bonds. The Kier molecular flexibility index (Phi) is 4.22. The van der Waals surface area contributed by atoms with Crippen LogP contribution < -0.4 is 10.6 Å². The number of nitrogens with zero attached hydrogens (tertiary/aromatic N) is 2. The van der Waals surface area contributed by atoms with Crippen molar-refractivity contribution in [2.24, 2.45) is 5.92 Å². The maximum absolute atomic E-state index is 11.8. The molecule has 1 saturated carbocycles. The molecular weight excluding hydrogens is 256 g/mol. The maximum atomic E-state index is 11.8. The highest BCUT2D eigenvalue weighted by Gasteiger charge is 2.28. The van der Waals surface area contributed by atoms with Gasteiger partial charge in [-0.3, -0.25) is 10.1 Å². The Labute approximate surface area is 118 Å². The number of anilines is 1. The molecule has 0 aliphatic heterocycles. The zero-order valence-corrected chi connectivity index (χ0v) is 12.0. The van der Waals surface area contributed by atoms with E-state index in [2.05, 4.69) is 15.6 Å². The monoisotopic (exact) mass is 276 g/mol. The Morgan fingerprint density at radius 2 is 2.05 bits per heavy atom. The summed E-state index contributed by atoms with van der Waals surface area (Å²) in [6.07, 6.45) is 2.35. The average Bonchev–Trinajstić information content (AvgIpc) is 3.22. The fourth-order valence-electron chi connectivity index (χ4n) is 1.93. The molecule has 0 aromatic carbocycles. The van der Waals surface area contributed by atoms with Gasteiger partial charge in [-0.25, -0.2) is 9.78 Å². The molecule has 1 aromatic heterocycles. The number of aromatic nitrogens is 1. The number of nitrogens with one attached hydrogen (secondary N) is 2. The van der Waals surface area contributed by atoms with E-state index >= 15 is 0 Å². The quantitative estimate of drug-likeness (QED) is 0.879. The van der Waals surface area contributed by atoms with Gasteiger partial charge in [0.25, 0.3) is 5.91 Å². The number of pyridine rings is 1. The minimum atomic E-state index is -0.286. The van der Waals surface area contributed by atoms with Crippen LogP contribution in [0, 0.1) is 5.92 Å². The Balaban J connectivity index is 1.96. The van der Waals surface area contributed by atoms with Crippen molar-refractivity contribution in [3.05, 3.63) is 23.9 Å². The molecular formula is C14H20N4O2. The van der Waals surface area contributed by atoms with Crippen molar-refractivity contribution in [2.75, 3.05) is 19.4 Å². The summed E-state index contributed by atoms with van der Waals surface area (Å²) in [5, 5.41) is 5.53. The molecule has 2 rings (SSSR count). The highest BCUT2D eigenvalue weighted by atomic mass is 16.2. The summed E-state index contributed by atoms with van der Waals surface area (Å²) >= 11 is 0. The molecule has 1 atom stereocenters. The van der Waals surface area contributed by atoms with E-state index in [-0.39, 0.29) is 18.0 Å². The van der Waals surface area contributed by atoms with Crippen LogP contribution in [0.4, 0.5) is 10.6 Å². The molecule has 1 fully saturated rings. The molecule has 1 aliphatic carbocycles. The Hall–Kier alpha value is -2.11. The molecule has 0 radical (unpaired) electrons. The SMILES string of the molecule is C[C@H](NC(=O)Nc1cccc(C(=O)N(C)C)n1)C1CC1. The van der Waals surface area contributed by atoms with Crippen LogP contribution in [0.2, 0.25) is 0 Å². The summed E-state index contributed by atoms with van der Waals surface area (Å²) in [6.45, 7) is 2.00. The zero-order valence-electron chi connectivity index (χ0n) is 12.0. The molecule has 6 nitrogen and oxygen atoms in total. The van der Waals surface area contributed by atoms with Crippen LogP contribution in [0.15, 0.2) is 18.2 Å². The van der Waals surface area contributed by atoms with Crippen molar-refractivity contribution in [3.8, 4) is 0 Å². The molecule has 6 heteroatoms. The van der Waals surface area contributed by atoms with Gasteiger partial charge in [0.2, 0.25) is 0 Å². The lowest BCUT2D eigenvalue weighted by molar-refractivity contribution is 0.0822. The van der Waals surface area contributed by atoms with E-state index in [0.717, 1.165) is 0 Å². The molecule has 1 heterocycles. The molecule has 108 valence electrons. The van der Waals surface area contributed by atoms with E-state index < -0.39 is 0 Å². The lowest BCUT2D eigenvalue weighted by atomic mass is 10.2. The fourth-order valence-corrected chi connectivity index (χ4v) is 1.93. The van der Waals surface area contributed by atoms with Crippen LogP contribution in [0.5, 0.6) is 0 Å². The Bertz CT molecular complexity index is 512. The second-order valence-electron chi connectivity index (χ2n) is 5.33. The van der Waals surface area contributed by atoms with Crippen molar-refractivity contribution in [1.29, 1.82) is 0 Å². The van der Waals surface area contributed by atoms with Gasteiger partial charge in [-0.15, -0.1) is 0 Å². The number of amides is 3. The number of hydrogen-bond acceptors (Lipinski definition) is 3. The molecule has 1 aromatic rings. The van der Waals surface area contributed by atoms with Crippen molar-refractivity contribution >= 4 is 17.8 Å². The van der Waals surface area contributed by atoms with Gasteiger partial charge in [-0.05, 0) is 37.8 Å². The average molecular weight is 276 g/mol.